The van der Waals surface area contributed by atoms with Crippen LogP contribution in [-0.2, 0) is 16.6 Å². The van der Waals surface area contributed by atoms with Crippen LogP contribution in [0.4, 0.5) is 8.78 Å². The smallest absolute Gasteiger partial charge is 0.387 e. The van der Waals surface area contributed by atoms with Crippen molar-refractivity contribution in [2.75, 3.05) is 14.2 Å². The summed E-state index contributed by atoms with van der Waals surface area (Å²) in [6, 6.07) is 11.0. The second-order valence-electron chi connectivity index (χ2n) is 5.52. The van der Waals surface area contributed by atoms with E-state index in [-0.39, 0.29) is 18.0 Å². The van der Waals surface area contributed by atoms with Crippen molar-refractivity contribution in [3.8, 4) is 11.5 Å². The van der Waals surface area contributed by atoms with E-state index in [9.17, 15) is 17.2 Å². The molecule has 0 fully saturated rings. The van der Waals surface area contributed by atoms with Crippen LogP contribution in [0.3, 0.4) is 0 Å². The van der Waals surface area contributed by atoms with Crippen molar-refractivity contribution in [1.82, 2.24) is 4.31 Å². The van der Waals surface area contributed by atoms with Gasteiger partial charge >= 0.3 is 6.61 Å². The molecule has 0 aromatic heterocycles. The fraction of sp³-hybridized carbons (Fsp3) is 0.222. The number of ether oxygens (including phenoxy) is 2. The highest BCUT2D eigenvalue weighted by Crippen LogP contribution is 2.30. The van der Waals surface area contributed by atoms with Crippen LogP contribution in [0.1, 0.15) is 11.1 Å². The van der Waals surface area contributed by atoms with Crippen molar-refractivity contribution in [3.05, 3.63) is 64.0 Å². The van der Waals surface area contributed by atoms with Crippen LogP contribution in [0.25, 0.3) is 6.08 Å². The van der Waals surface area contributed by atoms with E-state index in [2.05, 4.69) is 4.74 Å². The standard InChI is InChI=1S/C18H18ClF2NO4S/c1-22(27(23,24)10-9-13-3-6-15(19)7-4-13)12-14-5-8-16(25-2)17(11-14)26-18(20)21/h3-11,18H,12H2,1-2H3/b10-9+. The van der Waals surface area contributed by atoms with Gasteiger partial charge in [-0.15, -0.1) is 0 Å². The summed E-state index contributed by atoms with van der Waals surface area (Å²) in [5.41, 5.74) is 1.14. The summed E-state index contributed by atoms with van der Waals surface area (Å²) in [7, 11) is -1.01. The SMILES string of the molecule is COc1ccc(CN(C)S(=O)(=O)/C=C/c2ccc(Cl)cc2)cc1OC(F)F. The summed E-state index contributed by atoms with van der Waals surface area (Å²) in [6.07, 6.45) is 1.45. The molecule has 0 aliphatic carbocycles. The first-order valence-electron chi connectivity index (χ1n) is 7.73. The summed E-state index contributed by atoms with van der Waals surface area (Å²) in [5, 5.41) is 1.62. The Hall–Kier alpha value is -2.16. The predicted octanol–water partition coefficient (Wildman–Crippen LogP) is 4.38. The van der Waals surface area contributed by atoms with E-state index in [1.54, 1.807) is 30.3 Å². The van der Waals surface area contributed by atoms with Crippen LogP contribution in [0.5, 0.6) is 11.5 Å². The molecule has 0 heterocycles. The van der Waals surface area contributed by atoms with Gasteiger partial charge in [-0.25, -0.2) is 8.42 Å². The lowest BCUT2D eigenvalue weighted by atomic mass is 10.2. The molecule has 0 N–H and O–H groups in total. The Kier molecular flexibility index (Phi) is 7.18. The number of methoxy groups -OCH3 is 1. The molecule has 2 rings (SSSR count). The van der Waals surface area contributed by atoms with E-state index in [4.69, 9.17) is 16.3 Å². The number of halogens is 3. The summed E-state index contributed by atoms with van der Waals surface area (Å²) in [5.74, 6) is -0.0281. The fourth-order valence-electron chi connectivity index (χ4n) is 2.20. The van der Waals surface area contributed by atoms with E-state index < -0.39 is 16.6 Å². The minimum absolute atomic E-state index is 0.0309. The summed E-state index contributed by atoms with van der Waals surface area (Å²) >= 11 is 5.79. The van der Waals surface area contributed by atoms with Gasteiger partial charge in [-0.05, 0) is 41.5 Å². The molecule has 0 aliphatic rings. The van der Waals surface area contributed by atoms with Crippen LogP contribution in [-0.4, -0.2) is 33.5 Å². The average molecular weight is 418 g/mol. The minimum atomic E-state index is -3.72. The monoisotopic (exact) mass is 417 g/mol. The number of nitrogens with zero attached hydrogens (tertiary/aromatic N) is 1. The second-order valence-corrected chi connectivity index (χ2v) is 7.88. The Balaban J connectivity index is 2.14. The van der Waals surface area contributed by atoms with Crippen molar-refractivity contribution < 1.29 is 26.7 Å². The van der Waals surface area contributed by atoms with Gasteiger partial charge in [0.15, 0.2) is 11.5 Å². The van der Waals surface area contributed by atoms with Crippen molar-refractivity contribution in [2.24, 2.45) is 0 Å². The van der Waals surface area contributed by atoms with Gasteiger partial charge in [0, 0.05) is 24.0 Å². The van der Waals surface area contributed by atoms with Crippen molar-refractivity contribution >= 4 is 27.7 Å². The quantitative estimate of drug-likeness (QED) is 0.639. The molecule has 0 bridgehead atoms. The van der Waals surface area contributed by atoms with Gasteiger partial charge in [-0.1, -0.05) is 29.8 Å². The van der Waals surface area contributed by atoms with Crippen LogP contribution in [0.2, 0.25) is 5.02 Å². The first kappa shape index (κ1) is 21.1. The molecule has 27 heavy (non-hydrogen) atoms. The number of sulfonamides is 1. The highest BCUT2D eigenvalue weighted by molar-refractivity contribution is 7.92. The maximum absolute atomic E-state index is 12.5. The molecule has 0 radical (unpaired) electrons. The van der Waals surface area contributed by atoms with Crippen molar-refractivity contribution in [3.63, 3.8) is 0 Å². The molecule has 5 nitrogen and oxygen atoms in total. The molecule has 0 aliphatic heterocycles. The lowest BCUT2D eigenvalue weighted by Gasteiger charge is -2.16. The highest BCUT2D eigenvalue weighted by atomic mass is 35.5. The van der Waals surface area contributed by atoms with Gasteiger partial charge in [-0.2, -0.15) is 13.1 Å². The Morgan fingerprint density at radius 1 is 1.15 bits per heavy atom. The van der Waals surface area contributed by atoms with Gasteiger partial charge in [0.05, 0.1) is 7.11 Å². The lowest BCUT2D eigenvalue weighted by molar-refractivity contribution is -0.0512. The van der Waals surface area contributed by atoms with E-state index in [0.717, 1.165) is 9.71 Å². The molecule has 0 saturated heterocycles. The third-order valence-electron chi connectivity index (χ3n) is 3.59. The predicted molar refractivity (Wildman–Crippen MR) is 100 cm³/mol. The molecule has 0 saturated carbocycles. The topological polar surface area (TPSA) is 55.8 Å². The lowest BCUT2D eigenvalue weighted by Crippen LogP contribution is -2.24. The highest BCUT2D eigenvalue weighted by Gasteiger charge is 2.17. The molecule has 0 amide bonds. The van der Waals surface area contributed by atoms with Gasteiger partial charge in [0.1, 0.15) is 0 Å². The van der Waals surface area contributed by atoms with Gasteiger partial charge in [0.25, 0.3) is 0 Å². The van der Waals surface area contributed by atoms with Gasteiger partial charge in [0.2, 0.25) is 10.0 Å². The number of hydrogen-bond acceptors (Lipinski definition) is 4. The van der Waals surface area contributed by atoms with E-state index >= 15 is 0 Å². The number of rotatable bonds is 8. The molecule has 0 atom stereocenters. The third-order valence-corrected chi connectivity index (χ3v) is 5.32. The number of hydrogen-bond donors (Lipinski definition) is 0. The maximum atomic E-state index is 12.5. The van der Waals surface area contributed by atoms with E-state index in [1.807, 2.05) is 0 Å². The zero-order valence-electron chi connectivity index (χ0n) is 14.6. The average Bonchev–Trinajstić information content (AvgIpc) is 2.61. The molecule has 0 unspecified atom stereocenters. The van der Waals surface area contributed by atoms with Crippen LogP contribution in [0, 0.1) is 0 Å². The zero-order chi connectivity index (χ0) is 20.0. The number of benzene rings is 2. The first-order chi connectivity index (χ1) is 12.7. The fourth-order valence-corrected chi connectivity index (χ4v) is 3.19. The van der Waals surface area contributed by atoms with Crippen LogP contribution < -0.4 is 9.47 Å². The molecular formula is C18H18ClF2NO4S. The Morgan fingerprint density at radius 2 is 1.81 bits per heavy atom. The van der Waals surface area contributed by atoms with Crippen molar-refractivity contribution in [1.29, 1.82) is 0 Å². The molecule has 0 spiro atoms. The normalized spacial score (nSPS) is 12.1. The van der Waals surface area contributed by atoms with Gasteiger partial charge < -0.3 is 9.47 Å². The van der Waals surface area contributed by atoms with Crippen LogP contribution >= 0.6 is 11.6 Å². The summed E-state index contributed by atoms with van der Waals surface area (Å²) < 4.78 is 60.3. The Morgan fingerprint density at radius 3 is 2.41 bits per heavy atom. The van der Waals surface area contributed by atoms with E-state index in [1.165, 1.54) is 32.4 Å². The minimum Gasteiger partial charge on any atom is -0.493 e. The summed E-state index contributed by atoms with van der Waals surface area (Å²) in [4.78, 5) is 0. The largest absolute Gasteiger partial charge is 0.493 e. The Bertz CT molecular complexity index is 902. The zero-order valence-corrected chi connectivity index (χ0v) is 16.2. The molecule has 2 aromatic rings. The Labute approximate surface area is 161 Å². The molecule has 146 valence electrons. The van der Waals surface area contributed by atoms with Gasteiger partial charge in [-0.3, -0.25) is 0 Å². The molecule has 9 heteroatoms. The maximum Gasteiger partial charge on any atom is 0.387 e. The third kappa shape index (κ3) is 6.20. The van der Waals surface area contributed by atoms with Crippen molar-refractivity contribution in [2.45, 2.75) is 13.2 Å². The molecular weight excluding hydrogens is 400 g/mol. The number of alkyl halides is 2. The van der Waals surface area contributed by atoms with E-state index in [0.29, 0.717) is 16.1 Å². The van der Waals surface area contributed by atoms with Crippen LogP contribution in [0.15, 0.2) is 47.9 Å². The second kappa shape index (κ2) is 9.16. The first-order valence-corrected chi connectivity index (χ1v) is 9.61. The molecule has 2 aromatic carbocycles. The summed E-state index contributed by atoms with van der Waals surface area (Å²) in [6.45, 7) is -3.05.